The molecular formula is C27H32O8. The van der Waals surface area contributed by atoms with Gasteiger partial charge in [-0.2, -0.15) is 0 Å². The Balaban J connectivity index is 1.73. The van der Waals surface area contributed by atoms with E-state index >= 15 is 0 Å². The van der Waals surface area contributed by atoms with Gasteiger partial charge in [0.25, 0.3) is 0 Å². The number of methoxy groups -OCH3 is 1. The highest BCUT2D eigenvalue weighted by molar-refractivity contribution is 5.99. The number of carbonyl (C=O) groups is 3. The van der Waals surface area contributed by atoms with E-state index in [1.165, 1.54) is 19.3 Å². The molecule has 4 aliphatic rings. The standard InChI is InChI=1S/C27H32O8/c1-13-15(14-7-9-34-12-14)10-16-20(13)27(4)17(11-19(29)30)26(3)18(28)6-8-25(2,24(32)33-5)22(26)21(31)23(27)35-16/h6-9,12,15-17,21-23,31H,10-11H2,1-5H3,(H,29,30)/t15-,16+,17-,21+,22+,23+,25+,26+,27-/m1/s1. The maximum absolute atomic E-state index is 13.6. The highest BCUT2D eigenvalue weighted by Crippen LogP contribution is 2.69. The van der Waals surface area contributed by atoms with Gasteiger partial charge in [0.05, 0.1) is 49.8 Å². The molecule has 1 aliphatic heterocycles. The van der Waals surface area contributed by atoms with Crippen molar-refractivity contribution >= 4 is 17.7 Å². The number of aliphatic hydroxyl groups excluding tert-OH is 1. The lowest BCUT2D eigenvalue weighted by atomic mass is 9.41. The number of aliphatic carboxylic acids is 1. The van der Waals surface area contributed by atoms with Crippen LogP contribution in [0.4, 0.5) is 0 Å². The second kappa shape index (κ2) is 7.64. The number of hydrogen-bond donors (Lipinski definition) is 2. The van der Waals surface area contributed by atoms with Crippen LogP contribution in [0.1, 0.15) is 52.0 Å². The van der Waals surface area contributed by atoms with Gasteiger partial charge in [-0.25, -0.2) is 0 Å². The number of ketones is 1. The quantitative estimate of drug-likeness (QED) is 0.493. The van der Waals surface area contributed by atoms with E-state index in [2.05, 4.69) is 0 Å². The van der Waals surface area contributed by atoms with E-state index in [9.17, 15) is 24.6 Å². The fourth-order valence-electron chi connectivity index (χ4n) is 8.22. The Morgan fingerprint density at radius 2 is 1.94 bits per heavy atom. The zero-order chi connectivity index (χ0) is 25.5. The molecule has 0 spiro atoms. The number of rotatable bonds is 4. The zero-order valence-electron chi connectivity index (χ0n) is 20.6. The van der Waals surface area contributed by atoms with Gasteiger partial charge in [-0.05, 0) is 49.5 Å². The zero-order valence-corrected chi connectivity index (χ0v) is 20.6. The van der Waals surface area contributed by atoms with Crippen molar-refractivity contribution in [2.75, 3.05) is 7.11 Å². The summed E-state index contributed by atoms with van der Waals surface area (Å²) in [5, 5.41) is 21.8. The Labute approximate surface area is 204 Å². The summed E-state index contributed by atoms with van der Waals surface area (Å²) < 4.78 is 16.9. The number of ether oxygens (including phenoxy) is 2. The van der Waals surface area contributed by atoms with E-state index in [1.54, 1.807) is 26.4 Å². The molecule has 2 fully saturated rings. The first-order chi connectivity index (χ1) is 16.4. The van der Waals surface area contributed by atoms with E-state index in [4.69, 9.17) is 13.9 Å². The van der Waals surface area contributed by atoms with Crippen molar-refractivity contribution in [3.05, 3.63) is 47.5 Å². The fraction of sp³-hybridized carbons (Fsp3) is 0.593. The summed E-state index contributed by atoms with van der Waals surface area (Å²) in [6.45, 7) is 7.29. The molecule has 2 heterocycles. The van der Waals surface area contributed by atoms with Crippen LogP contribution in [0.2, 0.25) is 0 Å². The van der Waals surface area contributed by atoms with Gasteiger partial charge >= 0.3 is 11.9 Å². The van der Waals surface area contributed by atoms with Gasteiger partial charge < -0.3 is 24.1 Å². The molecule has 0 aromatic carbocycles. The molecule has 5 rings (SSSR count). The molecule has 1 saturated carbocycles. The van der Waals surface area contributed by atoms with Gasteiger partial charge in [-0.1, -0.05) is 25.5 Å². The summed E-state index contributed by atoms with van der Waals surface area (Å²) in [5.41, 5.74) is -0.549. The normalized spacial score (nSPS) is 44.1. The van der Waals surface area contributed by atoms with Gasteiger partial charge in [0.2, 0.25) is 0 Å². The van der Waals surface area contributed by atoms with Crippen LogP contribution in [-0.2, 0) is 23.9 Å². The van der Waals surface area contributed by atoms with Crippen molar-refractivity contribution in [3.63, 3.8) is 0 Å². The predicted molar refractivity (Wildman–Crippen MR) is 123 cm³/mol. The van der Waals surface area contributed by atoms with Gasteiger partial charge in [-0.3, -0.25) is 14.4 Å². The van der Waals surface area contributed by atoms with E-state index in [0.717, 1.165) is 16.7 Å². The molecule has 2 N–H and O–H groups in total. The molecule has 1 saturated heterocycles. The van der Waals surface area contributed by atoms with Crippen molar-refractivity contribution in [3.8, 4) is 0 Å². The average molecular weight is 485 g/mol. The van der Waals surface area contributed by atoms with Crippen molar-refractivity contribution in [1.29, 1.82) is 0 Å². The molecule has 1 aromatic rings. The molecule has 1 aromatic heterocycles. The minimum Gasteiger partial charge on any atom is -0.481 e. The Kier molecular flexibility index (Phi) is 5.24. The van der Waals surface area contributed by atoms with Crippen LogP contribution in [0, 0.1) is 28.1 Å². The van der Waals surface area contributed by atoms with Crippen molar-refractivity contribution in [1.82, 2.24) is 0 Å². The fourth-order valence-corrected chi connectivity index (χ4v) is 8.22. The van der Waals surface area contributed by atoms with Crippen LogP contribution in [0.25, 0.3) is 0 Å². The molecule has 8 nitrogen and oxygen atoms in total. The second-order valence-electron chi connectivity index (χ2n) is 11.1. The lowest BCUT2D eigenvalue weighted by Gasteiger charge is -2.61. The van der Waals surface area contributed by atoms with E-state index in [1.807, 2.05) is 19.9 Å². The van der Waals surface area contributed by atoms with Crippen LogP contribution in [-0.4, -0.2) is 53.4 Å². The Morgan fingerprint density at radius 3 is 2.54 bits per heavy atom. The summed E-state index contributed by atoms with van der Waals surface area (Å²) in [6, 6.07) is 1.91. The average Bonchev–Trinajstić information content (AvgIpc) is 3.51. The molecule has 35 heavy (non-hydrogen) atoms. The molecule has 0 unspecified atom stereocenters. The minimum absolute atomic E-state index is 0.0435. The monoisotopic (exact) mass is 484 g/mol. The van der Waals surface area contributed by atoms with Crippen LogP contribution in [0.3, 0.4) is 0 Å². The maximum atomic E-state index is 13.6. The Morgan fingerprint density at radius 1 is 1.23 bits per heavy atom. The summed E-state index contributed by atoms with van der Waals surface area (Å²) in [6.07, 6.45) is 4.23. The number of hydrogen-bond acceptors (Lipinski definition) is 7. The van der Waals surface area contributed by atoms with Gasteiger partial charge in [0.1, 0.15) is 0 Å². The van der Waals surface area contributed by atoms with Gasteiger partial charge in [0.15, 0.2) is 5.78 Å². The molecule has 0 bridgehead atoms. The molecule has 9 atom stereocenters. The summed E-state index contributed by atoms with van der Waals surface area (Å²) in [5.74, 6) is -3.50. The van der Waals surface area contributed by atoms with E-state index in [0.29, 0.717) is 6.42 Å². The van der Waals surface area contributed by atoms with Crippen molar-refractivity contribution < 1.29 is 38.5 Å². The van der Waals surface area contributed by atoms with Crippen LogP contribution >= 0.6 is 0 Å². The van der Waals surface area contributed by atoms with Crippen LogP contribution in [0.15, 0.2) is 46.3 Å². The van der Waals surface area contributed by atoms with Crippen LogP contribution in [0.5, 0.6) is 0 Å². The number of fused-ring (bicyclic) bond motifs is 4. The smallest absolute Gasteiger partial charge is 0.315 e. The molecule has 0 amide bonds. The highest BCUT2D eigenvalue weighted by atomic mass is 16.5. The molecular weight excluding hydrogens is 452 g/mol. The van der Waals surface area contributed by atoms with Crippen molar-refractivity contribution in [2.24, 2.45) is 28.1 Å². The third kappa shape index (κ3) is 2.90. The molecule has 0 radical (unpaired) electrons. The van der Waals surface area contributed by atoms with E-state index < -0.39 is 52.2 Å². The number of allylic oxidation sites excluding steroid dienone is 2. The number of carboxylic acid groups (broad SMARTS) is 1. The third-order valence-electron chi connectivity index (χ3n) is 9.65. The first kappa shape index (κ1) is 24.0. The first-order valence-corrected chi connectivity index (χ1v) is 12.0. The van der Waals surface area contributed by atoms with Crippen molar-refractivity contribution in [2.45, 2.75) is 64.8 Å². The number of esters is 1. The van der Waals surface area contributed by atoms with E-state index in [-0.39, 0.29) is 24.2 Å². The number of aliphatic hydroxyl groups is 1. The lowest BCUT2D eigenvalue weighted by molar-refractivity contribution is -0.215. The number of carboxylic acids is 1. The second-order valence-corrected chi connectivity index (χ2v) is 11.1. The first-order valence-electron chi connectivity index (χ1n) is 12.0. The number of furan rings is 1. The van der Waals surface area contributed by atoms with Gasteiger partial charge in [0, 0.05) is 22.7 Å². The summed E-state index contributed by atoms with van der Waals surface area (Å²) in [7, 11) is 1.27. The SMILES string of the molecule is COC(=O)[C@@]1(C)C=CC(=O)[C@]2(C)[C@@H](CC(=O)O)[C@]3(C)C4=C(C)[C@H](c5ccoc5)C[C@@H]4O[C@H]3[C@@H](O)[C@H]21. The van der Waals surface area contributed by atoms with Gasteiger partial charge in [-0.15, -0.1) is 0 Å². The topological polar surface area (TPSA) is 123 Å². The Bertz CT molecular complexity index is 1150. The number of carbonyl (C=O) groups excluding carboxylic acids is 2. The largest absolute Gasteiger partial charge is 0.481 e. The third-order valence-corrected chi connectivity index (χ3v) is 9.65. The molecule has 188 valence electrons. The predicted octanol–water partition coefficient (Wildman–Crippen LogP) is 3.26. The summed E-state index contributed by atoms with van der Waals surface area (Å²) in [4.78, 5) is 38.8. The Hall–Kier alpha value is -2.71. The highest BCUT2D eigenvalue weighted by Gasteiger charge is 2.74. The molecule has 8 heteroatoms. The maximum Gasteiger partial charge on any atom is 0.315 e. The lowest BCUT2D eigenvalue weighted by Crippen LogP contribution is -2.69. The van der Waals surface area contributed by atoms with Crippen LogP contribution < -0.4 is 0 Å². The molecule has 3 aliphatic carbocycles. The summed E-state index contributed by atoms with van der Waals surface area (Å²) >= 11 is 0. The minimum atomic E-state index is -1.33.